The second kappa shape index (κ2) is 14.6. The van der Waals surface area contributed by atoms with Gasteiger partial charge in [-0.3, -0.25) is 0 Å². The van der Waals surface area contributed by atoms with Crippen LogP contribution in [0.1, 0.15) is 29.2 Å². The fraction of sp³-hybridized carbons (Fsp3) is 0.294. The van der Waals surface area contributed by atoms with Crippen molar-refractivity contribution in [1.82, 2.24) is 5.32 Å². The highest BCUT2D eigenvalue weighted by Crippen LogP contribution is 2.40. The van der Waals surface area contributed by atoms with Crippen LogP contribution in [0.5, 0.6) is 28.7 Å². The van der Waals surface area contributed by atoms with Crippen molar-refractivity contribution in [3.8, 4) is 28.7 Å². The van der Waals surface area contributed by atoms with Crippen LogP contribution in [0.2, 0.25) is 0 Å². The van der Waals surface area contributed by atoms with Gasteiger partial charge in [0.15, 0.2) is 11.5 Å². The fourth-order valence-electron chi connectivity index (χ4n) is 4.86. The quantitative estimate of drug-likeness (QED) is 0.180. The van der Waals surface area contributed by atoms with Crippen LogP contribution < -0.4 is 29.0 Å². The van der Waals surface area contributed by atoms with Crippen LogP contribution >= 0.6 is 0 Å². The van der Waals surface area contributed by atoms with Gasteiger partial charge in [0.25, 0.3) is 0 Å². The minimum absolute atomic E-state index is 0.108. The molecule has 0 fully saturated rings. The molecular formula is C34H39NO7. The maximum atomic E-state index is 12.5. The first-order chi connectivity index (χ1) is 20.4. The van der Waals surface area contributed by atoms with Crippen molar-refractivity contribution in [3.05, 3.63) is 114 Å². The van der Waals surface area contributed by atoms with E-state index in [2.05, 4.69) is 5.32 Å². The first kappa shape index (κ1) is 30.7. The third-order valence-corrected chi connectivity index (χ3v) is 7.23. The molecule has 8 nitrogen and oxygen atoms in total. The fourth-order valence-corrected chi connectivity index (χ4v) is 4.86. The van der Waals surface area contributed by atoms with Gasteiger partial charge < -0.3 is 39.2 Å². The van der Waals surface area contributed by atoms with Crippen molar-refractivity contribution in [2.24, 2.45) is 0 Å². The summed E-state index contributed by atoms with van der Waals surface area (Å²) < 4.78 is 27.5. The summed E-state index contributed by atoms with van der Waals surface area (Å²) in [5, 5.41) is 26.8. The van der Waals surface area contributed by atoms with E-state index in [1.807, 2.05) is 97.1 Å². The Morgan fingerprint density at radius 1 is 0.667 bits per heavy atom. The zero-order valence-electron chi connectivity index (χ0n) is 24.4. The maximum absolute atomic E-state index is 12.5. The molecule has 0 radical (unpaired) electrons. The topological polar surface area (TPSA) is 98.6 Å². The van der Waals surface area contributed by atoms with Crippen molar-refractivity contribution in [2.45, 2.75) is 24.2 Å². The predicted octanol–water partition coefficient (Wildman–Crippen LogP) is 5.12. The summed E-state index contributed by atoms with van der Waals surface area (Å²) >= 11 is 0. The van der Waals surface area contributed by atoms with Gasteiger partial charge in [0, 0.05) is 19.0 Å². The van der Waals surface area contributed by atoms with Gasteiger partial charge in [-0.1, -0.05) is 48.5 Å². The summed E-state index contributed by atoms with van der Waals surface area (Å²) in [6.07, 6.45) is -0.573. The minimum atomic E-state index is -1.42. The van der Waals surface area contributed by atoms with E-state index in [1.54, 1.807) is 28.4 Å². The molecule has 4 rings (SSSR count). The van der Waals surface area contributed by atoms with Crippen molar-refractivity contribution in [1.29, 1.82) is 0 Å². The van der Waals surface area contributed by atoms with Gasteiger partial charge in [-0.05, 0) is 65.2 Å². The molecule has 0 heterocycles. The molecule has 4 aromatic rings. The van der Waals surface area contributed by atoms with Crippen LogP contribution in [-0.4, -0.2) is 57.9 Å². The SMILES string of the molecule is COc1ccc(C(O)(CC(NC[C@@H](O)COc2ccccc2)c2ccc(OC)c(OC)c2)c2ccc(OC)cc2)cc1. The summed E-state index contributed by atoms with van der Waals surface area (Å²) in [7, 11) is 6.38. The molecule has 42 heavy (non-hydrogen) atoms. The summed E-state index contributed by atoms with van der Waals surface area (Å²) in [4.78, 5) is 0. The zero-order chi connectivity index (χ0) is 30.0. The summed E-state index contributed by atoms with van der Waals surface area (Å²) in [5.41, 5.74) is 0.807. The maximum Gasteiger partial charge on any atom is 0.161 e. The Bertz CT molecular complexity index is 1330. The lowest BCUT2D eigenvalue weighted by molar-refractivity contribution is 0.0530. The lowest BCUT2D eigenvalue weighted by Gasteiger charge is -2.34. The van der Waals surface area contributed by atoms with Crippen molar-refractivity contribution >= 4 is 0 Å². The number of hydrogen-bond acceptors (Lipinski definition) is 8. The van der Waals surface area contributed by atoms with E-state index in [-0.39, 0.29) is 19.6 Å². The molecule has 2 atom stereocenters. The smallest absolute Gasteiger partial charge is 0.161 e. The molecule has 0 aliphatic rings. The van der Waals surface area contributed by atoms with Crippen LogP contribution in [-0.2, 0) is 5.60 Å². The lowest BCUT2D eigenvalue weighted by Crippen LogP contribution is -2.38. The summed E-state index contributed by atoms with van der Waals surface area (Å²) in [6, 6.07) is 29.3. The van der Waals surface area contributed by atoms with Crippen molar-refractivity contribution in [2.75, 3.05) is 41.6 Å². The molecule has 0 aliphatic heterocycles. The zero-order valence-corrected chi connectivity index (χ0v) is 24.4. The van der Waals surface area contributed by atoms with E-state index in [4.69, 9.17) is 23.7 Å². The van der Waals surface area contributed by atoms with Gasteiger partial charge in [0.1, 0.15) is 35.6 Å². The number of methoxy groups -OCH3 is 4. The van der Waals surface area contributed by atoms with Crippen LogP contribution in [0.15, 0.2) is 97.1 Å². The van der Waals surface area contributed by atoms with E-state index >= 15 is 0 Å². The Labute approximate surface area is 247 Å². The predicted molar refractivity (Wildman–Crippen MR) is 162 cm³/mol. The van der Waals surface area contributed by atoms with Gasteiger partial charge in [0.2, 0.25) is 0 Å². The average molecular weight is 574 g/mol. The van der Waals surface area contributed by atoms with Gasteiger partial charge in [-0.25, -0.2) is 0 Å². The van der Waals surface area contributed by atoms with E-state index in [9.17, 15) is 10.2 Å². The molecule has 0 amide bonds. The molecule has 0 aliphatic carbocycles. The number of aliphatic hydroxyl groups is 2. The van der Waals surface area contributed by atoms with Crippen molar-refractivity contribution in [3.63, 3.8) is 0 Å². The first-order valence-corrected chi connectivity index (χ1v) is 13.7. The molecule has 8 heteroatoms. The molecule has 3 N–H and O–H groups in total. The first-order valence-electron chi connectivity index (χ1n) is 13.7. The Morgan fingerprint density at radius 2 is 1.24 bits per heavy atom. The monoisotopic (exact) mass is 573 g/mol. The molecule has 0 spiro atoms. The number of para-hydroxylation sites is 1. The van der Waals surface area contributed by atoms with Gasteiger partial charge in [-0.15, -0.1) is 0 Å². The highest BCUT2D eigenvalue weighted by atomic mass is 16.5. The van der Waals surface area contributed by atoms with E-state index < -0.39 is 17.7 Å². The molecule has 0 bridgehead atoms. The van der Waals surface area contributed by atoms with Crippen LogP contribution in [0.25, 0.3) is 0 Å². The normalized spacial score (nSPS) is 12.7. The summed E-state index contributed by atoms with van der Waals surface area (Å²) in [6.45, 7) is 0.323. The third kappa shape index (κ3) is 7.53. The van der Waals surface area contributed by atoms with E-state index in [1.165, 1.54) is 0 Å². The van der Waals surface area contributed by atoms with Crippen LogP contribution in [0.3, 0.4) is 0 Å². The van der Waals surface area contributed by atoms with E-state index in [0.29, 0.717) is 39.9 Å². The Balaban J connectivity index is 1.67. The number of rotatable bonds is 15. The second-order valence-corrected chi connectivity index (χ2v) is 9.87. The van der Waals surface area contributed by atoms with E-state index in [0.717, 1.165) is 5.56 Å². The molecule has 0 aromatic heterocycles. The molecule has 4 aromatic carbocycles. The van der Waals surface area contributed by atoms with Gasteiger partial charge in [-0.2, -0.15) is 0 Å². The lowest BCUT2D eigenvalue weighted by atomic mass is 9.79. The third-order valence-electron chi connectivity index (χ3n) is 7.23. The number of aliphatic hydroxyl groups excluding tert-OH is 1. The summed E-state index contributed by atoms with van der Waals surface area (Å²) in [5.74, 6) is 3.21. The van der Waals surface area contributed by atoms with Crippen molar-refractivity contribution < 1.29 is 33.9 Å². The Morgan fingerprint density at radius 3 is 1.76 bits per heavy atom. The van der Waals surface area contributed by atoms with Gasteiger partial charge in [0.05, 0.1) is 28.4 Å². The number of hydrogen-bond donors (Lipinski definition) is 3. The highest BCUT2D eigenvalue weighted by Gasteiger charge is 2.36. The molecular weight excluding hydrogens is 534 g/mol. The van der Waals surface area contributed by atoms with Gasteiger partial charge >= 0.3 is 0 Å². The largest absolute Gasteiger partial charge is 0.497 e. The standard InChI is InChI=1S/C34H39NO7/c1-38-28-15-11-25(12-16-28)34(37,26-13-17-29(39-2)18-14-26)21-31(24-10-19-32(40-3)33(20-24)41-4)35-22-27(36)23-42-30-8-6-5-7-9-30/h5-20,27,31,35-37H,21-23H2,1-4H3/t27-,31?/m1/s1. The average Bonchev–Trinajstić information content (AvgIpc) is 3.05. The number of nitrogens with one attached hydrogen (secondary N) is 1. The molecule has 1 unspecified atom stereocenters. The number of benzene rings is 4. The molecule has 0 saturated heterocycles. The molecule has 0 saturated carbocycles. The van der Waals surface area contributed by atoms with Crippen LogP contribution in [0.4, 0.5) is 0 Å². The number of ether oxygens (including phenoxy) is 5. The Hall–Kier alpha value is -4.24. The molecule has 222 valence electrons. The Kier molecular flexibility index (Phi) is 10.7. The second-order valence-electron chi connectivity index (χ2n) is 9.87. The highest BCUT2D eigenvalue weighted by molar-refractivity contribution is 5.45. The van der Waals surface area contributed by atoms with Crippen LogP contribution in [0, 0.1) is 0 Å². The minimum Gasteiger partial charge on any atom is -0.497 e.